The van der Waals surface area contributed by atoms with Crippen LogP contribution in [-0.4, -0.2) is 17.6 Å². The maximum absolute atomic E-state index is 11.5. The number of halogens is 1. The quantitative estimate of drug-likeness (QED) is 0.634. The van der Waals surface area contributed by atoms with E-state index in [2.05, 4.69) is 5.32 Å². The number of nitrogens with one attached hydrogen (secondary N) is 1. The van der Waals surface area contributed by atoms with Gasteiger partial charge in [-0.2, -0.15) is 0 Å². The second-order valence-corrected chi connectivity index (χ2v) is 3.50. The normalized spacial score (nSPS) is 9.80. The number of ketones is 1. The van der Waals surface area contributed by atoms with Gasteiger partial charge in [0.2, 0.25) is 5.91 Å². The predicted molar refractivity (Wildman–Crippen MR) is 60.5 cm³/mol. The van der Waals surface area contributed by atoms with Gasteiger partial charge >= 0.3 is 0 Å². The van der Waals surface area contributed by atoms with Crippen LogP contribution in [0.15, 0.2) is 18.2 Å². The summed E-state index contributed by atoms with van der Waals surface area (Å²) in [5.41, 5.74) is 1.86. The summed E-state index contributed by atoms with van der Waals surface area (Å²) in [5.74, 6) is -0.479. The van der Waals surface area contributed by atoms with Crippen LogP contribution in [0.25, 0.3) is 0 Å². The molecule has 0 fully saturated rings. The molecule has 0 saturated carbocycles. The summed E-state index contributed by atoms with van der Waals surface area (Å²) >= 11 is 5.49. The van der Waals surface area contributed by atoms with Gasteiger partial charge in [0.05, 0.1) is 11.6 Å². The standard InChI is InChI=1S/C11H12ClNO2/c1-7-4-3-5-9(10(15)6-12)11(7)13-8(2)14/h3-5H,6H2,1-2H3,(H,13,14). The molecule has 0 atom stereocenters. The van der Waals surface area contributed by atoms with Gasteiger partial charge in [-0.1, -0.05) is 12.1 Å². The van der Waals surface area contributed by atoms with Gasteiger partial charge in [0.25, 0.3) is 0 Å². The minimum absolute atomic E-state index is 0.0873. The average molecular weight is 226 g/mol. The highest BCUT2D eigenvalue weighted by molar-refractivity contribution is 6.31. The maximum atomic E-state index is 11.5. The fraction of sp³-hybridized carbons (Fsp3) is 0.273. The summed E-state index contributed by atoms with van der Waals surface area (Å²) in [6.07, 6.45) is 0. The van der Waals surface area contributed by atoms with Crippen molar-refractivity contribution in [1.29, 1.82) is 0 Å². The van der Waals surface area contributed by atoms with Gasteiger partial charge in [-0.05, 0) is 18.6 Å². The molecule has 0 saturated heterocycles. The van der Waals surface area contributed by atoms with Crippen LogP contribution < -0.4 is 5.32 Å². The summed E-state index contributed by atoms with van der Waals surface area (Å²) in [5, 5.41) is 2.64. The fourth-order valence-electron chi connectivity index (χ4n) is 1.31. The molecule has 1 aromatic rings. The van der Waals surface area contributed by atoms with Crippen LogP contribution in [0, 0.1) is 6.92 Å². The third kappa shape index (κ3) is 2.80. The topological polar surface area (TPSA) is 46.2 Å². The van der Waals surface area contributed by atoms with Gasteiger partial charge in [0.1, 0.15) is 0 Å². The molecule has 0 aliphatic carbocycles. The van der Waals surface area contributed by atoms with Gasteiger partial charge in [0, 0.05) is 12.5 Å². The van der Waals surface area contributed by atoms with E-state index in [4.69, 9.17) is 11.6 Å². The summed E-state index contributed by atoms with van der Waals surface area (Å²) in [6, 6.07) is 5.25. The summed E-state index contributed by atoms with van der Waals surface area (Å²) < 4.78 is 0. The Hall–Kier alpha value is -1.35. The first kappa shape index (κ1) is 11.7. The number of Topliss-reactive ketones (excluding diaryl/α,β-unsaturated/α-hetero) is 1. The van der Waals surface area contributed by atoms with Crippen molar-refractivity contribution in [2.45, 2.75) is 13.8 Å². The molecule has 15 heavy (non-hydrogen) atoms. The molecule has 0 aliphatic heterocycles. The van der Waals surface area contributed by atoms with E-state index < -0.39 is 0 Å². The Balaban J connectivity index is 3.19. The molecule has 0 spiro atoms. The number of benzene rings is 1. The highest BCUT2D eigenvalue weighted by Crippen LogP contribution is 2.21. The molecule has 0 radical (unpaired) electrons. The minimum Gasteiger partial charge on any atom is -0.325 e. The maximum Gasteiger partial charge on any atom is 0.221 e. The Kier molecular flexibility index (Phi) is 3.86. The number of para-hydroxylation sites is 1. The SMILES string of the molecule is CC(=O)Nc1c(C)cccc1C(=O)CCl. The summed E-state index contributed by atoms with van der Waals surface area (Å²) in [6.45, 7) is 3.23. The van der Waals surface area contributed by atoms with Crippen molar-refractivity contribution < 1.29 is 9.59 Å². The molecule has 0 unspecified atom stereocenters. The fourth-order valence-corrected chi connectivity index (χ4v) is 1.46. The monoisotopic (exact) mass is 225 g/mol. The number of alkyl halides is 1. The van der Waals surface area contributed by atoms with Crippen LogP contribution in [0.5, 0.6) is 0 Å². The first-order valence-corrected chi connectivity index (χ1v) is 5.06. The molecule has 0 aromatic heterocycles. The molecule has 1 N–H and O–H groups in total. The van der Waals surface area contributed by atoms with Gasteiger partial charge < -0.3 is 5.32 Å². The first-order chi connectivity index (χ1) is 7.06. The molecule has 1 aromatic carbocycles. The predicted octanol–water partition coefficient (Wildman–Crippen LogP) is 2.37. The number of aryl methyl sites for hydroxylation is 1. The van der Waals surface area contributed by atoms with Crippen molar-refractivity contribution in [1.82, 2.24) is 0 Å². The Morgan fingerprint density at radius 2 is 2.07 bits per heavy atom. The molecular formula is C11H12ClNO2. The van der Waals surface area contributed by atoms with Gasteiger partial charge in [-0.15, -0.1) is 11.6 Å². The van der Waals surface area contributed by atoms with Crippen molar-refractivity contribution in [3.05, 3.63) is 29.3 Å². The zero-order valence-corrected chi connectivity index (χ0v) is 9.39. The van der Waals surface area contributed by atoms with Crippen molar-refractivity contribution in [2.24, 2.45) is 0 Å². The van der Waals surface area contributed by atoms with Crippen LogP contribution >= 0.6 is 11.6 Å². The number of hydrogen-bond acceptors (Lipinski definition) is 2. The lowest BCUT2D eigenvalue weighted by molar-refractivity contribution is -0.114. The van der Waals surface area contributed by atoms with Crippen molar-refractivity contribution >= 4 is 29.0 Å². The molecule has 0 aliphatic rings. The lowest BCUT2D eigenvalue weighted by Gasteiger charge is -2.10. The lowest BCUT2D eigenvalue weighted by atomic mass is 10.0. The zero-order valence-electron chi connectivity index (χ0n) is 8.63. The molecule has 1 amide bonds. The molecule has 1 rings (SSSR count). The van der Waals surface area contributed by atoms with Crippen molar-refractivity contribution in [2.75, 3.05) is 11.2 Å². The highest BCUT2D eigenvalue weighted by atomic mass is 35.5. The number of anilines is 1. The van der Waals surface area contributed by atoms with Crippen LogP contribution in [0.2, 0.25) is 0 Å². The van der Waals surface area contributed by atoms with E-state index in [1.165, 1.54) is 6.92 Å². The largest absolute Gasteiger partial charge is 0.325 e. The van der Waals surface area contributed by atoms with Crippen LogP contribution in [0.1, 0.15) is 22.8 Å². The smallest absolute Gasteiger partial charge is 0.221 e. The molecule has 0 heterocycles. The van der Waals surface area contributed by atoms with Crippen LogP contribution in [0.4, 0.5) is 5.69 Å². The van der Waals surface area contributed by atoms with E-state index in [0.29, 0.717) is 11.3 Å². The van der Waals surface area contributed by atoms with Crippen LogP contribution in [-0.2, 0) is 4.79 Å². The molecule has 3 nitrogen and oxygen atoms in total. The molecular weight excluding hydrogens is 214 g/mol. The number of amides is 1. The van der Waals surface area contributed by atoms with Gasteiger partial charge in [-0.3, -0.25) is 9.59 Å². The van der Waals surface area contributed by atoms with Gasteiger partial charge in [-0.25, -0.2) is 0 Å². The van der Waals surface area contributed by atoms with E-state index in [0.717, 1.165) is 5.56 Å². The third-order valence-electron chi connectivity index (χ3n) is 2.00. The van der Waals surface area contributed by atoms with E-state index >= 15 is 0 Å². The second-order valence-electron chi connectivity index (χ2n) is 3.24. The third-order valence-corrected chi connectivity index (χ3v) is 2.24. The Morgan fingerprint density at radius 3 is 2.60 bits per heavy atom. The average Bonchev–Trinajstić information content (AvgIpc) is 2.19. The van der Waals surface area contributed by atoms with Crippen molar-refractivity contribution in [3.8, 4) is 0 Å². The minimum atomic E-state index is -0.201. The Morgan fingerprint density at radius 1 is 1.40 bits per heavy atom. The number of rotatable bonds is 3. The van der Waals surface area contributed by atoms with E-state index in [9.17, 15) is 9.59 Å². The van der Waals surface area contributed by atoms with Gasteiger partial charge in [0.15, 0.2) is 5.78 Å². The number of hydrogen-bond donors (Lipinski definition) is 1. The number of carbonyl (C=O) groups excluding carboxylic acids is 2. The number of carbonyl (C=O) groups is 2. The van der Waals surface area contributed by atoms with E-state index in [1.807, 2.05) is 13.0 Å². The van der Waals surface area contributed by atoms with Crippen molar-refractivity contribution in [3.63, 3.8) is 0 Å². The molecule has 0 bridgehead atoms. The lowest BCUT2D eigenvalue weighted by Crippen LogP contribution is -2.13. The summed E-state index contributed by atoms with van der Waals surface area (Å²) in [4.78, 5) is 22.5. The van der Waals surface area contributed by atoms with E-state index in [1.54, 1.807) is 12.1 Å². The molecule has 4 heteroatoms. The summed E-state index contributed by atoms with van der Waals surface area (Å²) in [7, 11) is 0. The zero-order chi connectivity index (χ0) is 11.4. The second kappa shape index (κ2) is 4.94. The highest BCUT2D eigenvalue weighted by Gasteiger charge is 2.12. The Bertz CT molecular complexity index is 402. The first-order valence-electron chi connectivity index (χ1n) is 4.52. The molecule has 80 valence electrons. The Labute approximate surface area is 93.4 Å². The van der Waals surface area contributed by atoms with E-state index in [-0.39, 0.29) is 17.6 Å². The van der Waals surface area contributed by atoms with Crippen LogP contribution in [0.3, 0.4) is 0 Å².